The number of nitrogens with two attached hydrogens (primary N) is 1. The minimum Gasteiger partial charge on any atom is -0.368 e. The number of primary amides is 1. The van der Waals surface area contributed by atoms with Crippen LogP contribution in [0.2, 0.25) is 0 Å². The molecule has 0 aromatic carbocycles. The van der Waals surface area contributed by atoms with Gasteiger partial charge in [0.05, 0.1) is 5.75 Å². The average Bonchev–Trinajstić information content (AvgIpc) is 2.02. The molecule has 8 heteroatoms. The number of sulfonamides is 1. The van der Waals surface area contributed by atoms with E-state index in [2.05, 4.69) is 4.84 Å². The Morgan fingerprint density at radius 2 is 2.21 bits per heavy atom. The SMILES string of the molecule is CC(CCl)CS(=O)(=O)NOCC(N)=O. The smallest absolute Gasteiger partial charge is 0.245 e. The highest BCUT2D eigenvalue weighted by molar-refractivity contribution is 7.89. The Labute approximate surface area is 87.7 Å². The number of hydrogen-bond acceptors (Lipinski definition) is 4. The van der Waals surface area contributed by atoms with Crippen LogP contribution < -0.4 is 10.6 Å². The quantitative estimate of drug-likeness (QED) is 0.452. The summed E-state index contributed by atoms with van der Waals surface area (Å²) in [6, 6.07) is 0. The third-order valence-electron chi connectivity index (χ3n) is 1.17. The summed E-state index contributed by atoms with van der Waals surface area (Å²) in [7, 11) is -3.55. The Bertz CT molecular complexity index is 280. The molecule has 0 fully saturated rings. The van der Waals surface area contributed by atoms with Crippen molar-refractivity contribution in [2.75, 3.05) is 18.2 Å². The minimum atomic E-state index is -3.55. The summed E-state index contributed by atoms with van der Waals surface area (Å²) in [5.41, 5.74) is 4.73. The molecule has 0 heterocycles. The van der Waals surface area contributed by atoms with E-state index >= 15 is 0 Å². The summed E-state index contributed by atoms with van der Waals surface area (Å²) in [6.45, 7) is 1.19. The van der Waals surface area contributed by atoms with Crippen molar-refractivity contribution in [2.45, 2.75) is 6.92 Å². The molecule has 14 heavy (non-hydrogen) atoms. The van der Waals surface area contributed by atoms with Crippen LogP contribution in [0.4, 0.5) is 0 Å². The summed E-state index contributed by atoms with van der Waals surface area (Å²) >= 11 is 5.44. The van der Waals surface area contributed by atoms with Crippen LogP contribution in [0.5, 0.6) is 0 Å². The van der Waals surface area contributed by atoms with Gasteiger partial charge in [-0.1, -0.05) is 11.8 Å². The third-order valence-corrected chi connectivity index (χ3v) is 3.07. The third kappa shape index (κ3) is 7.07. The first kappa shape index (κ1) is 13.6. The van der Waals surface area contributed by atoms with Crippen molar-refractivity contribution >= 4 is 27.5 Å². The molecule has 0 aliphatic rings. The van der Waals surface area contributed by atoms with Gasteiger partial charge in [-0.25, -0.2) is 8.42 Å². The highest BCUT2D eigenvalue weighted by Gasteiger charge is 2.15. The predicted molar refractivity (Wildman–Crippen MR) is 52.0 cm³/mol. The second-order valence-corrected chi connectivity index (χ2v) is 4.92. The van der Waals surface area contributed by atoms with E-state index in [-0.39, 0.29) is 17.6 Å². The molecule has 0 spiro atoms. The lowest BCUT2D eigenvalue weighted by atomic mass is 10.3. The molecule has 0 aromatic heterocycles. The fraction of sp³-hybridized carbons (Fsp3) is 0.833. The van der Waals surface area contributed by atoms with Gasteiger partial charge in [-0.15, -0.1) is 11.6 Å². The highest BCUT2D eigenvalue weighted by atomic mass is 35.5. The number of halogens is 1. The molecule has 1 atom stereocenters. The zero-order valence-corrected chi connectivity index (χ0v) is 9.27. The largest absolute Gasteiger partial charge is 0.368 e. The lowest BCUT2D eigenvalue weighted by Crippen LogP contribution is -2.33. The lowest BCUT2D eigenvalue weighted by molar-refractivity contribution is -0.123. The molecule has 0 bridgehead atoms. The maximum Gasteiger partial charge on any atom is 0.245 e. The molecule has 3 N–H and O–H groups in total. The van der Waals surface area contributed by atoms with E-state index in [0.717, 1.165) is 0 Å². The maximum atomic E-state index is 11.1. The van der Waals surface area contributed by atoms with Gasteiger partial charge < -0.3 is 5.73 Å². The highest BCUT2D eigenvalue weighted by Crippen LogP contribution is 2.01. The van der Waals surface area contributed by atoms with Crippen LogP contribution in [0.25, 0.3) is 0 Å². The normalized spacial score (nSPS) is 13.9. The topological polar surface area (TPSA) is 98.5 Å². The van der Waals surface area contributed by atoms with E-state index in [0.29, 0.717) is 0 Å². The molecule has 0 radical (unpaired) electrons. The Hall–Kier alpha value is -0.370. The fourth-order valence-corrected chi connectivity index (χ4v) is 2.06. The first-order valence-electron chi connectivity index (χ1n) is 3.83. The predicted octanol–water partition coefficient (Wildman–Crippen LogP) is -0.802. The van der Waals surface area contributed by atoms with Gasteiger partial charge in [-0.2, -0.15) is 0 Å². The van der Waals surface area contributed by atoms with Gasteiger partial charge in [0, 0.05) is 5.88 Å². The van der Waals surface area contributed by atoms with Gasteiger partial charge in [0.2, 0.25) is 15.9 Å². The van der Waals surface area contributed by atoms with Gasteiger partial charge >= 0.3 is 0 Å². The number of hydrogen-bond donors (Lipinski definition) is 2. The standard InChI is InChI=1S/C6H13ClN2O4S/c1-5(2-7)4-14(11,12)9-13-3-6(8)10/h5,9H,2-4H2,1H3,(H2,8,10). The van der Waals surface area contributed by atoms with Crippen molar-refractivity contribution in [1.29, 1.82) is 0 Å². The second-order valence-electron chi connectivity index (χ2n) is 2.88. The van der Waals surface area contributed by atoms with Crippen molar-refractivity contribution in [1.82, 2.24) is 4.89 Å². The van der Waals surface area contributed by atoms with Gasteiger partial charge in [-0.3, -0.25) is 9.63 Å². The molecule has 0 saturated heterocycles. The number of rotatable bonds is 7. The monoisotopic (exact) mass is 244 g/mol. The van der Waals surface area contributed by atoms with Crippen molar-refractivity contribution in [3.05, 3.63) is 0 Å². The average molecular weight is 245 g/mol. The molecule has 1 amide bonds. The number of nitrogens with one attached hydrogen (secondary N) is 1. The van der Waals surface area contributed by atoms with E-state index in [1.54, 1.807) is 11.8 Å². The Morgan fingerprint density at radius 1 is 1.64 bits per heavy atom. The summed E-state index contributed by atoms with van der Waals surface area (Å²) in [5.74, 6) is -0.865. The van der Waals surface area contributed by atoms with Crippen LogP contribution >= 0.6 is 11.6 Å². The van der Waals surface area contributed by atoms with E-state index in [1.807, 2.05) is 0 Å². The molecule has 6 nitrogen and oxygen atoms in total. The summed E-state index contributed by atoms with van der Waals surface area (Å²) in [4.78, 5) is 16.3. The zero-order valence-electron chi connectivity index (χ0n) is 7.70. The first-order chi connectivity index (χ1) is 6.37. The van der Waals surface area contributed by atoms with E-state index < -0.39 is 22.5 Å². The molecule has 0 aliphatic carbocycles. The van der Waals surface area contributed by atoms with Crippen LogP contribution in [-0.4, -0.2) is 32.6 Å². The number of alkyl halides is 1. The van der Waals surface area contributed by atoms with Crippen LogP contribution in [0.1, 0.15) is 6.92 Å². The van der Waals surface area contributed by atoms with Crippen molar-refractivity contribution in [3.63, 3.8) is 0 Å². The van der Waals surface area contributed by atoms with Gasteiger partial charge in [0.1, 0.15) is 6.61 Å². The summed E-state index contributed by atoms with van der Waals surface area (Å²) in [5, 5.41) is 0. The Kier molecular flexibility index (Phi) is 6.01. The minimum absolute atomic E-state index is 0.157. The van der Waals surface area contributed by atoms with E-state index in [4.69, 9.17) is 17.3 Å². The number of amides is 1. The molecule has 0 aromatic rings. The van der Waals surface area contributed by atoms with Crippen LogP contribution in [-0.2, 0) is 19.7 Å². The van der Waals surface area contributed by atoms with Crippen molar-refractivity contribution < 1.29 is 18.0 Å². The summed E-state index contributed by atoms with van der Waals surface area (Å²) < 4.78 is 22.3. The lowest BCUT2D eigenvalue weighted by Gasteiger charge is -2.08. The molecular weight excluding hydrogens is 232 g/mol. The maximum absolute atomic E-state index is 11.1. The van der Waals surface area contributed by atoms with Crippen LogP contribution in [0, 0.1) is 5.92 Å². The Balaban J connectivity index is 3.90. The molecule has 1 unspecified atom stereocenters. The molecule has 0 saturated carbocycles. The van der Waals surface area contributed by atoms with Crippen molar-refractivity contribution in [2.24, 2.45) is 11.7 Å². The zero-order chi connectivity index (χ0) is 11.2. The molecular formula is C6H13ClN2O4S. The number of carbonyl (C=O) groups is 1. The van der Waals surface area contributed by atoms with Gasteiger partial charge in [-0.05, 0) is 5.92 Å². The fourth-order valence-electron chi connectivity index (χ4n) is 0.644. The van der Waals surface area contributed by atoms with Gasteiger partial charge in [0.25, 0.3) is 0 Å². The van der Waals surface area contributed by atoms with E-state index in [9.17, 15) is 13.2 Å². The second kappa shape index (κ2) is 6.18. The van der Waals surface area contributed by atoms with Crippen molar-refractivity contribution in [3.8, 4) is 0 Å². The number of carbonyl (C=O) groups excluding carboxylic acids is 1. The van der Waals surface area contributed by atoms with Crippen LogP contribution in [0.15, 0.2) is 0 Å². The van der Waals surface area contributed by atoms with Gasteiger partial charge in [0.15, 0.2) is 0 Å². The summed E-state index contributed by atoms with van der Waals surface area (Å²) in [6.07, 6.45) is 0. The van der Waals surface area contributed by atoms with E-state index in [1.165, 1.54) is 0 Å². The van der Waals surface area contributed by atoms with Crippen LogP contribution in [0.3, 0.4) is 0 Å². The molecule has 84 valence electrons. The first-order valence-corrected chi connectivity index (χ1v) is 6.01. The molecule has 0 aliphatic heterocycles. The molecule has 0 rings (SSSR count). The Morgan fingerprint density at radius 3 is 2.64 bits per heavy atom.